The van der Waals surface area contributed by atoms with Gasteiger partial charge in [-0.2, -0.15) is 0 Å². The molecule has 0 amide bonds. The lowest BCUT2D eigenvalue weighted by molar-refractivity contribution is 0.455. The topological polar surface area (TPSA) is 12.0 Å². The highest BCUT2D eigenvalue weighted by Gasteiger charge is 2.17. The van der Waals surface area contributed by atoms with Crippen LogP contribution < -0.4 is 5.32 Å². The van der Waals surface area contributed by atoms with E-state index in [-0.39, 0.29) is 0 Å². The second-order valence-corrected chi connectivity index (χ2v) is 4.69. The molecule has 1 aliphatic rings. The number of hydrogen-bond donors (Lipinski definition) is 1. The summed E-state index contributed by atoms with van der Waals surface area (Å²) >= 11 is 0. The van der Waals surface area contributed by atoms with Gasteiger partial charge in [0.1, 0.15) is 0 Å². The fourth-order valence-corrected chi connectivity index (χ4v) is 2.44. The summed E-state index contributed by atoms with van der Waals surface area (Å²) in [4.78, 5) is 0. The predicted molar refractivity (Wildman–Crippen MR) is 73.9 cm³/mol. The minimum Gasteiger partial charge on any atom is -0.303 e. The van der Waals surface area contributed by atoms with Gasteiger partial charge in [-0.1, -0.05) is 49.1 Å². The Bertz CT molecular complexity index is 391. The maximum Gasteiger partial charge on any atom is 0.0322 e. The van der Waals surface area contributed by atoms with Crippen LogP contribution in [0.15, 0.2) is 54.6 Å². The Labute approximate surface area is 104 Å². The molecule has 1 aromatic rings. The summed E-state index contributed by atoms with van der Waals surface area (Å²) in [5, 5.41) is 3.70. The van der Waals surface area contributed by atoms with Crippen LogP contribution in [0.25, 0.3) is 0 Å². The van der Waals surface area contributed by atoms with Crippen molar-refractivity contribution in [3.63, 3.8) is 0 Å². The average Bonchev–Trinajstić information content (AvgIpc) is 2.40. The van der Waals surface area contributed by atoms with Crippen molar-refractivity contribution in [3.05, 3.63) is 60.2 Å². The molecule has 2 rings (SSSR count). The predicted octanol–water partition coefficient (Wildman–Crippen LogP) is 4.00. The molecular weight excluding hydrogens is 206 g/mol. The van der Waals surface area contributed by atoms with E-state index in [2.05, 4.69) is 55.2 Å². The Morgan fingerprint density at radius 1 is 1.35 bits per heavy atom. The first-order chi connectivity index (χ1) is 8.31. The lowest BCUT2D eigenvalue weighted by Gasteiger charge is -2.27. The minimum absolute atomic E-state index is 0.391. The molecular formula is C16H21N. The van der Waals surface area contributed by atoms with E-state index in [1.54, 1.807) is 0 Å². The third-order valence-corrected chi connectivity index (χ3v) is 3.47. The van der Waals surface area contributed by atoms with Gasteiger partial charge in [-0.05, 0) is 37.3 Å². The number of nitrogens with one attached hydrogen (secondary N) is 1. The molecule has 1 aromatic carbocycles. The number of rotatable bonds is 4. The summed E-state index contributed by atoms with van der Waals surface area (Å²) in [5.74, 6) is 0. The molecule has 0 aromatic heterocycles. The Hall–Kier alpha value is -1.34. The fraction of sp³-hybridized carbons (Fsp3) is 0.375. The highest BCUT2D eigenvalue weighted by molar-refractivity contribution is 5.26. The highest BCUT2D eigenvalue weighted by atomic mass is 14.9. The molecule has 0 fully saturated rings. The molecule has 17 heavy (non-hydrogen) atoms. The quantitative estimate of drug-likeness (QED) is 0.819. The Kier molecular flexibility index (Phi) is 4.16. The van der Waals surface area contributed by atoms with Crippen molar-refractivity contribution in [3.8, 4) is 0 Å². The normalized spacial score (nSPS) is 21.7. The fourth-order valence-electron chi connectivity index (χ4n) is 2.44. The Morgan fingerprint density at radius 2 is 2.12 bits per heavy atom. The van der Waals surface area contributed by atoms with E-state index in [1.165, 1.54) is 30.4 Å². The third-order valence-electron chi connectivity index (χ3n) is 3.47. The smallest absolute Gasteiger partial charge is 0.0322 e. The number of allylic oxidation sites excluding steroid dienone is 1. The van der Waals surface area contributed by atoms with E-state index < -0.39 is 0 Å². The molecule has 0 radical (unpaired) electrons. The van der Waals surface area contributed by atoms with Crippen molar-refractivity contribution in [2.45, 2.75) is 38.3 Å². The van der Waals surface area contributed by atoms with Crippen LogP contribution in [0.5, 0.6) is 0 Å². The largest absolute Gasteiger partial charge is 0.303 e. The molecule has 1 aliphatic carbocycles. The summed E-state index contributed by atoms with van der Waals surface area (Å²) in [6, 6.07) is 11.5. The second-order valence-electron chi connectivity index (χ2n) is 4.69. The zero-order chi connectivity index (χ0) is 12.1. The first-order valence-corrected chi connectivity index (χ1v) is 6.44. The molecule has 1 nitrogen and oxygen atoms in total. The molecule has 0 saturated carbocycles. The van der Waals surface area contributed by atoms with Crippen LogP contribution in [0.2, 0.25) is 0 Å². The van der Waals surface area contributed by atoms with Gasteiger partial charge in [0, 0.05) is 12.1 Å². The summed E-state index contributed by atoms with van der Waals surface area (Å²) in [7, 11) is 0. The first-order valence-electron chi connectivity index (χ1n) is 6.44. The summed E-state index contributed by atoms with van der Waals surface area (Å²) in [6.07, 6.45) is 7.99. The Balaban J connectivity index is 2.03. The number of benzene rings is 1. The van der Waals surface area contributed by atoms with Crippen LogP contribution in [-0.4, -0.2) is 6.04 Å². The maximum absolute atomic E-state index is 3.91. The van der Waals surface area contributed by atoms with Crippen molar-refractivity contribution >= 4 is 0 Å². The molecule has 2 atom stereocenters. The van der Waals surface area contributed by atoms with Gasteiger partial charge in [0.15, 0.2) is 0 Å². The van der Waals surface area contributed by atoms with Crippen LogP contribution in [0, 0.1) is 0 Å². The van der Waals surface area contributed by atoms with E-state index in [0.29, 0.717) is 12.1 Å². The lowest BCUT2D eigenvalue weighted by Crippen LogP contribution is -2.34. The lowest BCUT2D eigenvalue weighted by atomic mass is 9.93. The van der Waals surface area contributed by atoms with Crippen molar-refractivity contribution in [1.29, 1.82) is 0 Å². The standard InChI is InChI=1S/C16H21N/c1-3-14-9-7-8-12-16(14)17-13(2)15-10-5-4-6-11-15/h3-6,9-11,13,16-17H,1,7-8,12H2,2H3/t13-,16?/m1/s1. The van der Waals surface area contributed by atoms with Crippen LogP contribution in [0.3, 0.4) is 0 Å². The third kappa shape index (κ3) is 3.07. The van der Waals surface area contributed by atoms with Crippen molar-refractivity contribution in [2.24, 2.45) is 0 Å². The van der Waals surface area contributed by atoms with Crippen LogP contribution in [-0.2, 0) is 0 Å². The average molecular weight is 227 g/mol. The van der Waals surface area contributed by atoms with Gasteiger partial charge in [0.05, 0.1) is 0 Å². The zero-order valence-electron chi connectivity index (χ0n) is 10.5. The molecule has 1 heteroatoms. The molecule has 0 heterocycles. The molecule has 90 valence electrons. The van der Waals surface area contributed by atoms with Gasteiger partial charge in [0.2, 0.25) is 0 Å². The van der Waals surface area contributed by atoms with E-state index in [0.717, 1.165) is 0 Å². The van der Waals surface area contributed by atoms with Crippen LogP contribution in [0.4, 0.5) is 0 Å². The molecule has 0 bridgehead atoms. The van der Waals surface area contributed by atoms with Crippen LogP contribution in [0.1, 0.15) is 37.8 Å². The van der Waals surface area contributed by atoms with Gasteiger partial charge >= 0.3 is 0 Å². The van der Waals surface area contributed by atoms with E-state index in [9.17, 15) is 0 Å². The molecule has 1 N–H and O–H groups in total. The first kappa shape index (κ1) is 12.1. The highest BCUT2D eigenvalue weighted by Crippen LogP contribution is 2.22. The summed E-state index contributed by atoms with van der Waals surface area (Å²) < 4.78 is 0. The summed E-state index contributed by atoms with van der Waals surface area (Å²) in [6.45, 7) is 6.13. The SMILES string of the molecule is C=CC1=CCCCC1N[C@H](C)c1ccccc1. The van der Waals surface area contributed by atoms with Gasteiger partial charge in [-0.15, -0.1) is 0 Å². The number of hydrogen-bond acceptors (Lipinski definition) is 1. The zero-order valence-corrected chi connectivity index (χ0v) is 10.5. The Morgan fingerprint density at radius 3 is 2.82 bits per heavy atom. The van der Waals surface area contributed by atoms with Gasteiger partial charge < -0.3 is 5.32 Å². The molecule has 1 unspecified atom stereocenters. The van der Waals surface area contributed by atoms with Crippen LogP contribution >= 0.6 is 0 Å². The molecule has 0 saturated heterocycles. The van der Waals surface area contributed by atoms with Crippen molar-refractivity contribution in [1.82, 2.24) is 5.32 Å². The van der Waals surface area contributed by atoms with Gasteiger partial charge in [-0.3, -0.25) is 0 Å². The minimum atomic E-state index is 0.391. The van der Waals surface area contributed by atoms with E-state index in [4.69, 9.17) is 0 Å². The van der Waals surface area contributed by atoms with E-state index in [1.807, 2.05) is 6.08 Å². The van der Waals surface area contributed by atoms with E-state index >= 15 is 0 Å². The second kappa shape index (κ2) is 5.83. The van der Waals surface area contributed by atoms with Crippen molar-refractivity contribution in [2.75, 3.05) is 0 Å². The molecule has 0 aliphatic heterocycles. The summed E-state index contributed by atoms with van der Waals surface area (Å²) in [5.41, 5.74) is 2.71. The maximum atomic E-state index is 3.91. The van der Waals surface area contributed by atoms with Gasteiger partial charge in [0.25, 0.3) is 0 Å². The van der Waals surface area contributed by atoms with Crippen molar-refractivity contribution < 1.29 is 0 Å². The van der Waals surface area contributed by atoms with Gasteiger partial charge in [-0.25, -0.2) is 0 Å². The molecule has 0 spiro atoms. The monoisotopic (exact) mass is 227 g/mol.